The lowest BCUT2D eigenvalue weighted by Crippen LogP contribution is -2.53. The molecule has 0 aromatic heterocycles. The van der Waals surface area contributed by atoms with Gasteiger partial charge < -0.3 is 11.1 Å². The normalized spacial score (nSPS) is 18.1. The Balaban J connectivity index is 2.48. The zero-order valence-corrected chi connectivity index (χ0v) is 13.6. The van der Waals surface area contributed by atoms with Crippen LogP contribution in [0.2, 0.25) is 0 Å². The van der Waals surface area contributed by atoms with Crippen LogP contribution in [-0.4, -0.2) is 42.0 Å². The van der Waals surface area contributed by atoms with Gasteiger partial charge in [-0.1, -0.05) is 32.6 Å². The Labute approximate surface area is 124 Å². The number of hydrogen-bond donors (Lipinski definition) is 2. The van der Waals surface area contributed by atoms with Gasteiger partial charge in [-0.05, 0) is 39.7 Å². The molecule has 0 spiro atoms. The van der Waals surface area contributed by atoms with Crippen LogP contribution < -0.4 is 11.1 Å². The molecule has 3 N–H and O–H groups in total. The molecule has 0 atom stereocenters. The maximum atomic E-state index is 12.3. The van der Waals surface area contributed by atoms with Gasteiger partial charge in [0.1, 0.15) is 0 Å². The summed E-state index contributed by atoms with van der Waals surface area (Å²) >= 11 is 0. The summed E-state index contributed by atoms with van der Waals surface area (Å²) in [5.74, 6) is 0.159. The fourth-order valence-electron chi connectivity index (χ4n) is 2.87. The van der Waals surface area contributed by atoms with Crippen molar-refractivity contribution in [1.29, 1.82) is 0 Å². The number of nitrogens with zero attached hydrogens (tertiary/aromatic N) is 1. The van der Waals surface area contributed by atoms with E-state index in [-0.39, 0.29) is 11.4 Å². The van der Waals surface area contributed by atoms with Crippen LogP contribution in [0, 0.1) is 0 Å². The smallest absolute Gasteiger partial charge is 0.234 e. The lowest BCUT2D eigenvalue weighted by molar-refractivity contribution is -0.124. The van der Waals surface area contributed by atoms with Crippen molar-refractivity contribution in [2.45, 2.75) is 77.3 Å². The lowest BCUT2D eigenvalue weighted by Gasteiger charge is -2.37. The minimum Gasteiger partial charge on any atom is -0.352 e. The summed E-state index contributed by atoms with van der Waals surface area (Å²) in [7, 11) is 0. The third-order valence-corrected chi connectivity index (χ3v) is 4.40. The quantitative estimate of drug-likeness (QED) is 0.705. The molecular formula is C16H33N3O. The van der Waals surface area contributed by atoms with E-state index in [1.165, 1.54) is 25.7 Å². The highest BCUT2D eigenvalue weighted by Gasteiger charge is 2.27. The molecule has 0 heterocycles. The molecule has 0 radical (unpaired) electrons. The molecule has 0 aromatic carbocycles. The van der Waals surface area contributed by atoms with Crippen molar-refractivity contribution in [3.8, 4) is 0 Å². The summed E-state index contributed by atoms with van der Waals surface area (Å²) in [5, 5.41) is 3.22. The van der Waals surface area contributed by atoms with Crippen molar-refractivity contribution in [3.05, 3.63) is 0 Å². The molecule has 0 saturated heterocycles. The first kappa shape index (κ1) is 17.4. The minimum absolute atomic E-state index is 0.114. The van der Waals surface area contributed by atoms with Gasteiger partial charge in [-0.3, -0.25) is 9.69 Å². The molecule has 1 aliphatic carbocycles. The van der Waals surface area contributed by atoms with E-state index in [0.29, 0.717) is 19.1 Å². The van der Waals surface area contributed by atoms with Gasteiger partial charge in [0.2, 0.25) is 5.91 Å². The summed E-state index contributed by atoms with van der Waals surface area (Å²) in [6.45, 7) is 8.33. The van der Waals surface area contributed by atoms with E-state index in [2.05, 4.69) is 31.0 Å². The first-order valence-electron chi connectivity index (χ1n) is 8.24. The summed E-state index contributed by atoms with van der Waals surface area (Å²) in [6, 6.07) is 0.384. The van der Waals surface area contributed by atoms with Gasteiger partial charge in [0.25, 0.3) is 0 Å². The third-order valence-electron chi connectivity index (χ3n) is 4.40. The Morgan fingerprint density at radius 3 is 2.35 bits per heavy atom. The Morgan fingerprint density at radius 2 is 1.85 bits per heavy atom. The molecular weight excluding hydrogens is 250 g/mol. The van der Waals surface area contributed by atoms with E-state index in [0.717, 1.165) is 25.8 Å². The molecule has 4 nitrogen and oxygen atoms in total. The van der Waals surface area contributed by atoms with E-state index >= 15 is 0 Å². The van der Waals surface area contributed by atoms with Crippen molar-refractivity contribution in [3.63, 3.8) is 0 Å². The van der Waals surface area contributed by atoms with Crippen molar-refractivity contribution >= 4 is 5.91 Å². The molecule has 1 saturated carbocycles. The zero-order chi connectivity index (χ0) is 15.0. The van der Waals surface area contributed by atoms with Crippen LogP contribution in [0.3, 0.4) is 0 Å². The average molecular weight is 283 g/mol. The number of amides is 1. The molecule has 1 amide bonds. The van der Waals surface area contributed by atoms with Crippen molar-refractivity contribution < 1.29 is 4.79 Å². The highest BCUT2D eigenvalue weighted by molar-refractivity contribution is 5.78. The second kappa shape index (κ2) is 8.63. The number of nitrogens with two attached hydrogens (primary N) is 1. The lowest BCUT2D eigenvalue weighted by atomic mass is 10.0. The largest absolute Gasteiger partial charge is 0.352 e. The second-order valence-electron chi connectivity index (χ2n) is 6.69. The monoisotopic (exact) mass is 283 g/mol. The standard InChI is InChI=1S/C16H33N3O/c1-4-11-19(16(2,3)13-17)12-15(20)18-14-9-7-5-6-8-10-14/h14H,4-13,17H2,1-3H3,(H,18,20). The highest BCUT2D eigenvalue weighted by Crippen LogP contribution is 2.17. The Hall–Kier alpha value is -0.610. The second-order valence-corrected chi connectivity index (χ2v) is 6.69. The summed E-state index contributed by atoms with van der Waals surface area (Å²) in [4.78, 5) is 14.5. The fraction of sp³-hybridized carbons (Fsp3) is 0.938. The molecule has 0 unspecified atom stereocenters. The number of carbonyl (C=O) groups excluding carboxylic acids is 1. The van der Waals surface area contributed by atoms with Crippen LogP contribution in [0.15, 0.2) is 0 Å². The molecule has 1 rings (SSSR count). The van der Waals surface area contributed by atoms with Crippen LogP contribution in [0.25, 0.3) is 0 Å². The Kier molecular flexibility index (Phi) is 7.52. The predicted octanol–water partition coefficient (Wildman–Crippen LogP) is 2.27. The number of carbonyl (C=O) groups is 1. The van der Waals surface area contributed by atoms with Gasteiger partial charge in [-0.2, -0.15) is 0 Å². The van der Waals surface area contributed by atoms with Gasteiger partial charge in [-0.15, -0.1) is 0 Å². The molecule has 0 aliphatic heterocycles. The van der Waals surface area contributed by atoms with Crippen LogP contribution >= 0.6 is 0 Å². The molecule has 20 heavy (non-hydrogen) atoms. The topological polar surface area (TPSA) is 58.4 Å². The highest BCUT2D eigenvalue weighted by atomic mass is 16.2. The minimum atomic E-state index is -0.114. The van der Waals surface area contributed by atoms with E-state index in [1.54, 1.807) is 0 Å². The first-order chi connectivity index (χ1) is 9.49. The van der Waals surface area contributed by atoms with E-state index < -0.39 is 0 Å². The van der Waals surface area contributed by atoms with Gasteiger partial charge in [0, 0.05) is 18.1 Å². The fourth-order valence-corrected chi connectivity index (χ4v) is 2.87. The van der Waals surface area contributed by atoms with Crippen LogP contribution in [0.5, 0.6) is 0 Å². The Bertz CT molecular complexity index is 283. The van der Waals surface area contributed by atoms with Gasteiger partial charge in [0.05, 0.1) is 6.54 Å². The van der Waals surface area contributed by atoms with Gasteiger partial charge in [-0.25, -0.2) is 0 Å². The molecule has 118 valence electrons. The zero-order valence-electron chi connectivity index (χ0n) is 13.6. The van der Waals surface area contributed by atoms with E-state index in [9.17, 15) is 4.79 Å². The van der Waals surface area contributed by atoms with Crippen molar-refractivity contribution in [1.82, 2.24) is 10.2 Å². The van der Waals surface area contributed by atoms with Crippen LogP contribution in [-0.2, 0) is 4.79 Å². The number of nitrogens with one attached hydrogen (secondary N) is 1. The average Bonchev–Trinajstić information content (AvgIpc) is 2.66. The van der Waals surface area contributed by atoms with Gasteiger partial charge in [0.15, 0.2) is 0 Å². The predicted molar refractivity (Wildman–Crippen MR) is 84.6 cm³/mol. The van der Waals surface area contributed by atoms with Crippen molar-refractivity contribution in [2.75, 3.05) is 19.6 Å². The third kappa shape index (κ3) is 5.80. The van der Waals surface area contributed by atoms with E-state index in [4.69, 9.17) is 5.73 Å². The molecule has 1 fully saturated rings. The molecule has 0 aromatic rings. The number of rotatable bonds is 7. The molecule has 0 bridgehead atoms. The van der Waals surface area contributed by atoms with E-state index in [1.807, 2.05) is 0 Å². The summed E-state index contributed by atoms with van der Waals surface area (Å²) in [6.07, 6.45) is 8.44. The van der Waals surface area contributed by atoms with Crippen LogP contribution in [0.1, 0.15) is 65.7 Å². The number of hydrogen-bond acceptors (Lipinski definition) is 3. The maximum absolute atomic E-state index is 12.3. The summed E-state index contributed by atoms with van der Waals surface area (Å²) in [5.41, 5.74) is 5.73. The molecule has 1 aliphatic rings. The SMILES string of the molecule is CCCN(CC(=O)NC1CCCCCC1)C(C)(C)CN. The van der Waals surface area contributed by atoms with Crippen molar-refractivity contribution in [2.24, 2.45) is 5.73 Å². The first-order valence-corrected chi connectivity index (χ1v) is 8.24. The summed E-state index contributed by atoms with van der Waals surface area (Å²) < 4.78 is 0. The Morgan fingerprint density at radius 1 is 1.25 bits per heavy atom. The maximum Gasteiger partial charge on any atom is 0.234 e. The van der Waals surface area contributed by atoms with Gasteiger partial charge >= 0.3 is 0 Å². The molecule has 4 heteroatoms. The van der Waals surface area contributed by atoms with Crippen LogP contribution in [0.4, 0.5) is 0 Å².